The molecule has 1 N–H and O–H groups in total. The second kappa shape index (κ2) is 4.99. The SMILES string of the molecule is C=C(NC(C)(C)CS(=O)(=O)[O-])C(C)CC. The zero-order chi connectivity index (χ0) is 12.3. The molecule has 0 amide bonds. The van der Waals surface area contributed by atoms with Gasteiger partial charge in [0.1, 0.15) is 0 Å². The first-order valence-corrected chi connectivity index (χ1v) is 6.55. The van der Waals surface area contributed by atoms with E-state index in [0.717, 1.165) is 12.1 Å². The summed E-state index contributed by atoms with van der Waals surface area (Å²) in [5.74, 6) is -0.172. The van der Waals surface area contributed by atoms with E-state index in [1.807, 2.05) is 13.8 Å². The average Bonchev–Trinajstić information content (AvgIpc) is 1.96. The molecule has 0 saturated heterocycles. The Balaban J connectivity index is 4.45. The third-order valence-electron chi connectivity index (χ3n) is 2.24. The van der Waals surface area contributed by atoms with Gasteiger partial charge in [-0.15, -0.1) is 0 Å². The normalized spacial score (nSPS) is 14.7. The second-order valence-corrected chi connectivity index (χ2v) is 5.95. The van der Waals surface area contributed by atoms with Crippen molar-refractivity contribution in [3.63, 3.8) is 0 Å². The minimum Gasteiger partial charge on any atom is -0.748 e. The highest BCUT2D eigenvalue weighted by Crippen LogP contribution is 2.15. The molecule has 4 nitrogen and oxygen atoms in total. The van der Waals surface area contributed by atoms with Gasteiger partial charge in [0.2, 0.25) is 0 Å². The lowest BCUT2D eigenvalue weighted by Crippen LogP contribution is -2.45. The summed E-state index contributed by atoms with van der Waals surface area (Å²) in [6, 6.07) is 0. The van der Waals surface area contributed by atoms with Crippen molar-refractivity contribution in [1.82, 2.24) is 5.32 Å². The van der Waals surface area contributed by atoms with Gasteiger partial charge in [0, 0.05) is 11.2 Å². The lowest BCUT2D eigenvalue weighted by molar-refractivity contribution is 0.404. The standard InChI is InChI=1S/C10H21NO3S/c1-6-8(2)9(3)11-10(4,5)7-15(12,13)14/h8,11H,3,6-7H2,1-2,4-5H3,(H,12,13,14)/p-1. The zero-order valence-electron chi connectivity index (χ0n) is 9.83. The van der Waals surface area contributed by atoms with E-state index in [9.17, 15) is 13.0 Å². The molecule has 0 fully saturated rings. The number of allylic oxidation sites excluding steroid dienone is 1. The molecule has 0 rings (SSSR count). The van der Waals surface area contributed by atoms with Crippen LogP contribution in [0.5, 0.6) is 0 Å². The van der Waals surface area contributed by atoms with Crippen LogP contribution in [0.15, 0.2) is 12.3 Å². The van der Waals surface area contributed by atoms with Gasteiger partial charge in [-0.2, -0.15) is 0 Å². The van der Waals surface area contributed by atoms with Crippen LogP contribution in [-0.4, -0.2) is 24.3 Å². The van der Waals surface area contributed by atoms with Gasteiger partial charge in [-0.1, -0.05) is 20.4 Å². The van der Waals surface area contributed by atoms with Crippen LogP contribution in [0.25, 0.3) is 0 Å². The monoisotopic (exact) mass is 234 g/mol. The van der Waals surface area contributed by atoms with E-state index in [2.05, 4.69) is 11.9 Å². The van der Waals surface area contributed by atoms with Crippen LogP contribution >= 0.6 is 0 Å². The second-order valence-electron chi connectivity index (χ2n) is 4.55. The van der Waals surface area contributed by atoms with E-state index in [-0.39, 0.29) is 5.92 Å². The first-order valence-electron chi connectivity index (χ1n) is 4.98. The summed E-state index contributed by atoms with van der Waals surface area (Å²) in [7, 11) is -4.21. The van der Waals surface area contributed by atoms with Crippen LogP contribution in [0, 0.1) is 5.92 Å². The summed E-state index contributed by atoms with van der Waals surface area (Å²) in [6.07, 6.45) is 0.923. The fourth-order valence-electron chi connectivity index (χ4n) is 1.28. The van der Waals surface area contributed by atoms with Crippen molar-refractivity contribution in [2.24, 2.45) is 5.92 Å². The highest BCUT2D eigenvalue weighted by atomic mass is 32.2. The molecule has 0 saturated carbocycles. The Morgan fingerprint density at radius 1 is 1.53 bits per heavy atom. The minimum atomic E-state index is -4.21. The van der Waals surface area contributed by atoms with E-state index >= 15 is 0 Å². The van der Waals surface area contributed by atoms with Crippen molar-refractivity contribution in [3.05, 3.63) is 12.3 Å². The Kier molecular flexibility index (Phi) is 4.80. The Labute approximate surface area is 92.5 Å². The van der Waals surface area contributed by atoms with Gasteiger partial charge >= 0.3 is 0 Å². The third-order valence-corrected chi connectivity index (χ3v) is 3.32. The van der Waals surface area contributed by atoms with Gasteiger partial charge in [0.05, 0.1) is 15.9 Å². The molecule has 0 aromatic rings. The molecule has 0 aromatic carbocycles. The topological polar surface area (TPSA) is 69.2 Å². The lowest BCUT2D eigenvalue weighted by atomic mass is 10.0. The van der Waals surface area contributed by atoms with Gasteiger partial charge in [0.15, 0.2) is 0 Å². The first-order chi connectivity index (χ1) is 6.57. The van der Waals surface area contributed by atoms with Gasteiger partial charge in [0.25, 0.3) is 0 Å². The molecular weight excluding hydrogens is 214 g/mol. The summed E-state index contributed by atoms with van der Waals surface area (Å²) >= 11 is 0. The Morgan fingerprint density at radius 2 is 2.00 bits per heavy atom. The molecule has 1 unspecified atom stereocenters. The van der Waals surface area contributed by atoms with Crippen molar-refractivity contribution >= 4 is 10.1 Å². The quantitative estimate of drug-likeness (QED) is 0.706. The van der Waals surface area contributed by atoms with Crippen LogP contribution in [0.2, 0.25) is 0 Å². The summed E-state index contributed by atoms with van der Waals surface area (Å²) in [5, 5.41) is 2.99. The Bertz CT molecular complexity index is 320. The molecule has 15 heavy (non-hydrogen) atoms. The average molecular weight is 234 g/mol. The largest absolute Gasteiger partial charge is 0.748 e. The van der Waals surface area contributed by atoms with E-state index in [1.165, 1.54) is 0 Å². The van der Waals surface area contributed by atoms with Crippen molar-refractivity contribution in [1.29, 1.82) is 0 Å². The molecule has 1 atom stereocenters. The number of hydrogen-bond acceptors (Lipinski definition) is 4. The Morgan fingerprint density at radius 3 is 2.33 bits per heavy atom. The lowest BCUT2D eigenvalue weighted by Gasteiger charge is -2.31. The third kappa shape index (κ3) is 6.52. The number of hydrogen-bond donors (Lipinski definition) is 1. The fraction of sp³-hybridized carbons (Fsp3) is 0.800. The predicted molar refractivity (Wildman–Crippen MR) is 60.4 cm³/mol. The summed E-state index contributed by atoms with van der Waals surface area (Å²) in [4.78, 5) is 0. The maximum absolute atomic E-state index is 10.6. The maximum Gasteiger partial charge on any atom is 0.0968 e. The van der Waals surface area contributed by atoms with Crippen molar-refractivity contribution in [2.45, 2.75) is 39.7 Å². The molecule has 0 aliphatic carbocycles. The van der Waals surface area contributed by atoms with E-state index in [0.29, 0.717) is 0 Å². The summed E-state index contributed by atoms with van der Waals surface area (Å²) in [5.41, 5.74) is 0.00678. The molecule has 5 heteroatoms. The number of nitrogens with one attached hydrogen (secondary N) is 1. The molecule has 0 radical (unpaired) electrons. The highest BCUT2D eigenvalue weighted by molar-refractivity contribution is 7.85. The van der Waals surface area contributed by atoms with E-state index in [4.69, 9.17) is 0 Å². The highest BCUT2D eigenvalue weighted by Gasteiger charge is 2.22. The molecule has 0 heterocycles. The fourth-order valence-corrected chi connectivity index (χ4v) is 2.24. The maximum atomic E-state index is 10.6. The van der Waals surface area contributed by atoms with Crippen LogP contribution in [0.3, 0.4) is 0 Å². The predicted octanol–water partition coefficient (Wildman–Crippen LogP) is 1.46. The zero-order valence-corrected chi connectivity index (χ0v) is 10.6. The summed E-state index contributed by atoms with van der Waals surface area (Å²) < 4.78 is 31.9. The van der Waals surface area contributed by atoms with Gasteiger partial charge in [-0.05, 0) is 26.2 Å². The van der Waals surface area contributed by atoms with Crippen LogP contribution in [-0.2, 0) is 10.1 Å². The van der Waals surface area contributed by atoms with Crippen molar-refractivity contribution in [3.8, 4) is 0 Å². The van der Waals surface area contributed by atoms with Crippen LogP contribution in [0.1, 0.15) is 34.1 Å². The molecule has 0 aliphatic rings. The van der Waals surface area contributed by atoms with E-state index in [1.54, 1.807) is 13.8 Å². The molecule has 90 valence electrons. The molecular formula is C10H20NO3S-. The van der Waals surface area contributed by atoms with E-state index < -0.39 is 21.4 Å². The smallest absolute Gasteiger partial charge is 0.0968 e. The molecule has 0 aliphatic heterocycles. The number of rotatable bonds is 6. The first kappa shape index (κ1) is 14.5. The minimum absolute atomic E-state index is 0.263. The Hall–Kier alpha value is -0.550. The molecule has 0 aromatic heterocycles. The van der Waals surface area contributed by atoms with Gasteiger partial charge in [-0.25, -0.2) is 8.42 Å². The summed E-state index contributed by atoms with van der Waals surface area (Å²) in [6.45, 7) is 11.2. The van der Waals surface area contributed by atoms with Gasteiger partial charge in [-0.3, -0.25) is 0 Å². The molecule has 0 spiro atoms. The van der Waals surface area contributed by atoms with Crippen molar-refractivity contribution < 1.29 is 13.0 Å². The molecule has 0 bridgehead atoms. The van der Waals surface area contributed by atoms with Crippen LogP contribution < -0.4 is 5.32 Å². The van der Waals surface area contributed by atoms with Crippen molar-refractivity contribution in [2.75, 3.05) is 5.75 Å². The van der Waals surface area contributed by atoms with Crippen LogP contribution in [0.4, 0.5) is 0 Å². The van der Waals surface area contributed by atoms with Gasteiger partial charge < -0.3 is 9.87 Å².